The van der Waals surface area contributed by atoms with E-state index in [0.29, 0.717) is 28.7 Å². The highest BCUT2D eigenvalue weighted by molar-refractivity contribution is 6.30. The highest BCUT2D eigenvalue weighted by Crippen LogP contribution is 2.29. The molecule has 2 aromatic rings. The molecule has 2 aromatic heterocycles. The van der Waals surface area contributed by atoms with Gasteiger partial charge < -0.3 is 10.6 Å². The molecular formula is C18H21ClF3N5O. The molecule has 28 heavy (non-hydrogen) atoms. The molecule has 0 saturated heterocycles. The molecule has 0 aliphatic heterocycles. The summed E-state index contributed by atoms with van der Waals surface area (Å²) in [6.45, 7) is 2.31. The van der Waals surface area contributed by atoms with Gasteiger partial charge in [0.2, 0.25) is 0 Å². The van der Waals surface area contributed by atoms with Crippen LogP contribution in [0.5, 0.6) is 0 Å². The molecule has 1 amide bonds. The quantitative estimate of drug-likeness (QED) is 0.684. The third kappa shape index (κ3) is 5.15. The van der Waals surface area contributed by atoms with Crippen LogP contribution in [0.1, 0.15) is 47.4 Å². The summed E-state index contributed by atoms with van der Waals surface area (Å²) in [6, 6.07) is 2.63. The van der Waals surface area contributed by atoms with Crippen molar-refractivity contribution in [1.82, 2.24) is 20.5 Å². The molecule has 0 radical (unpaired) electrons. The molecule has 0 bridgehead atoms. The Hall–Kier alpha value is -2.29. The number of amides is 1. The van der Waals surface area contributed by atoms with Gasteiger partial charge in [-0.3, -0.25) is 14.9 Å². The van der Waals surface area contributed by atoms with Gasteiger partial charge in [-0.1, -0.05) is 11.6 Å². The molecule has 0 spiro atoms. The van der Waals surface area contributed by atoms with Crippen molar-refractivity contribution in [3.63, 3.8) is 0 Å². The number of aryl methyl sites for hydroxylation is 1. The van der Waals surface area contributed by atoms with Crippen LogP contribution in [0.25, 0.3) is 0 Å². The minimum atomic E-state index is -4.45. The van der Waals surface area contributed by atoms with Crippen LogP contribution < -0.4 is 10.6 Å². The number of aromatic amines is 1. The normalized spacial score (nSPS) is 20.0. The molecule has 3 N–H and O–H groups in total. The topological polar surface area (TPSA) is 82.7 Å². The fraction of sp³-hybridized carbons (Fsp3) is 0.500. The van der Waals surface area contributed by atoms with E-state index >= 15 is 0 Å². The zero-order valence-electron chi connectivity index (χ0n) is 15.2. The second kappa shape index (κ2) is 8.38. The molecule has 0 aromatic carbocycles. The molecule has 6 nitrogen and oxygen atoms in total. The smallest absolute Gasteiger partial charge is 0.370 e. The lowest BCUT2D eigenvalue weighted by molar-refractivity contribution is -0.141. The van der Waals surface area contributed by atoms with Gasteiger partial charge in [0.05, 0.1) is 16.3 Å². The van der Waals surface area contributed by atoms with Crippen LogP contribution in [-0.2, 0) is 6.18 Å². The van der Waals surface area contributed by atoms with Crippen molar-refractivity contribution in [3.8, 4) is 0 Å². The van der Waals surface area contributed by atoms with E-state index in [1.807, 2.05) is 0 Å². The molecule has 1 aliphatic rings. The maximum atomic E-state index is 12.6. The lowest BCUT2D eigenvalue weighted by Gasteiger charge is -2.29. The number of nitrogens with one attached hydrogen (secondary N) is 3. The number of carbonyl (C=O) groups is 1. The van der Waals surface area contributed by atoms with E-state index in [-0.39, 0.29) is 17.8 Å². The Bertz CT molecular complexity index is 831. The van der Waals surface area contributed by atoms with Crippen LogP contribution in [0.4, 0.5) is 19.0 Å². The van der Waals surface area contributed by atoms with Crippen molar-refractivity contribution in [2.75, 3.05) is 11.9 Å². The van der Waals surface area contributed by atoms with Gasteiger partial charge in [-0.05, 0) is 44.6 Å². The van der Waals surface area contributed by atoms with Gasteiger partial charge in [0.15, 0.2) is 5.69 Å². The summed E-state index contributed by atoms with van der Waals surface area (Å²) in [5.41, 5.74) is 0.154. The molecule has 152 valence electrons. The zero-order valence-corrected chi connectivity index (χ0v) is 16.0. The predicted molar refractivity (Wildman–Crippen MR) is 99.3 cm³/mol. The van der Waals surface area contributed by atoms with Gasteiger partial charge >= 0.3 is 6.18 Å². The number of H-pyrrole nitrogens is 1. The van der Waals surface area contributed by atoms with E-state index in [9.17, 15) is 18.0 Å². The lowest BCUT2D eigenvalue weighted by Crippen LogP contribution is -2.38. The third-order valence-electron chi connectivity index (χ3n) is 4.93. The average molecular weight is 416 g/mol. The monoisotopic (exact) mass is 415 g/mol. The number of carbonyl (C=O) groups excluding carboxylic acids is 1. The summed E-state index contributed by atoms with van der Waals surface area (Å²) < 4.78 is 37.7. The molecular weight excluding hydrogens is 395 g/mol. The molecule has 1 saturated carbocycles. The SMILES string of the molecule is Cc1ncc(Cl)cc1C(=O)N[C@H]1CC[C@H](CNc2cc(C(F)(F)F)n[nH]2)CC1. The van der Waals surface area contributed by atoms with Gasteiger partial charge in [0, 0.05) is 24.8 Å². The summed E-state index contributed by atoms with van der Waals surface area (Å²) >= 11 is 5.92. The Morgan fingerprint density at radius 1 is 1.29 bits per heavy atom. The maximum absolute atomic E-state index is 12.6. The van der Waals surface area contributed by atoms with Gasteiger partial charge in [-0.15, -0.1) is 0 Å². The Kier molecular flexibility index (Phi) is 6.12. The van der Waals surface area contributed by atoms with Crippen LogP contribution in [0.3, 0.4) is 0 Å². The standard InChI is InChI=1S/C18H21ClF3N5O/c1-10-14(6-12(19)9-23-10)17(28)25-13-4-2-11(3-5-13)8-24-16-7-15(26-27-16)18(20,21)22/h6-7,9,11,13H,2-5,8H2,1H3,(H,25,28)(H2,24,26,27)/t11-,13-. The number of rotatable bonds is 5. The lowest BCUT2D eigenvalue weighted by atomic mass is 9.86. The number of anilines is 1. The first-order valence-corrected chi connectivity index (χ1v) is 9.39. The van der Waals surface area contributed by atoms with Gasteiger partial charge in [0.1, 0.15) is 5.82 Å². The molecule has 10 heteroatoms. The number of hydrogen-bond acceptors (Lipinski definition) is 4. The molecule has 1 aliphatic carbocycles. The number of aromatic nitrogens is 3. The molecule has 3 rings (SSSR count). The molecule has 0 atom stereocenters. The number of alkyl halides is 3. The number of halogens is 4. The first-order valence-electron chi connectivity index (χ1n) is 9.02. The average Bonchev–Trinajstić information content (AvgIpc) is 3.12. The molecule has 1 fully saturated rings. The van der Waals surface area contributed by atoms with Gasteiger partial charge in [-0.2, -0.15) is 18.3 Å². The minimum absolute atomic E-state index is 0.0612. The first kappa shape index (κ1) is 20.4. The Labute approximate surface area is 165 Å². The van der Waals surface area contributed by atoms with Crippen LogP contribution in [0, 0.1) is 12.8 Å². The third-order valence-corrected chi connectivity index (χ3v) is 5.14. The fourth-order valence-corrected chi connectivity index (χ4v) is 3.48. The summed E-state index contributed by atoms with van der Waals surface area (Å²) in [7, 11) is 0. The molecule has 2 heterocycles. The van der Waals surface area contributed by atoms with Gasteiger partial charge in [0.25, 0.3) is 5.91 Å². The van der Waals surface area contributed by atoms with Crippen molar-refractivity contribution in [2.45, 2.75) is 44.8 Å². The highest BCUT2D eigenvalue weighted by Gasteiger charge is 2.34. The fourth-order valence-electron chi connectivity index (χ4n) is 3.32. The van der Waals surface area contributed by atoms with E-state index in [0.717, 1.165) is 31.7 Å². The van der Waals surface area contributed by atoms with Crippen LogP contribution in [0.2, 0.25) is 5.02 Å². The van der Waals surface area contributed by atoms with E-state index in [4.69, 9.17) is 11.6 Å². The second-order valence-corrected chi connectivity index (χ2v) is 7.46. The van der Waals surface area contributed by atoms with Crippen molar-refractivity contribution in [3.05, 3.63) is 40.3 Å². The summed E-state index contributed by atoms with van der Waals surface area (Å²) in [5.74, 6) is 0.387. The van der Waals surface area contributed by atoms with E-state index in [1.165, 1.54) is 6.20 Å². The largest absolute Gasteiger partial charge is 0.435 e. The van der Waals surface area contributed by atoms with Crippen LogP contribution in [-0.4, -0.2) is 33.7 Å². The van der Waals surface area contributed by atoms with E-state index < -0.39 is 11.9 Å². The molecule has 0 unspecified atom stereocenters. The van der Waals surface area contributed by atoms with Crippen LogP contribution in [0.15, 0.2) is 18.3 Å². The number of nitrogens with zero attached hydrogens (tertiary/aromatic N) is 2. The predicted octanol–water partition coefficient (Wildman–Crippen LogP) is 4.19. The summed E-state index contributed by atoms with van der Waals surface area (Å²) in [4.78, 5) is 16.5. The Morgan fingerprint density at radius 3 is 2.64 bits per heavy atom. The summed E-state index contributed by atoms with van der Waals surface area (Å²) in [6.07, 6.45) is 0.395. The number of pyridine rings is 1. The maximum Gasteiger partial charge on any atom is 0.435 e. The Morgan fingerprint density at radius 2 is 2.00 bits per heavy atom. The highest BCUT2D eigenvalue weighted by atomic mass is 35.5. The minimum Gasteiger partial charge on any atom is -0.370 e. The van der Waals surface area contributed by atoms with Crippen molar-refractivity contribution in [2.24, 2.45) is 5.92 Å². The second-order valence-electron chi connectivity index (χ2n) is 7.02. The number of hydrogen-bond donors (Lipinski definition) is 3. The van der Waals surface area contributed by atoms with Gasteiger partial charge in [-0.25, -0.2) is 0 Å². The zero-order chi connectivity index (χ0) is 20.3. The Balaban J connectivity index is 1.45. The van der Waals surface area contributed by atoms with E-state index in [2.05, 4.69) is 25.8 Å². The van der Waals surface area contributed by atoms with Crippen molar-refractivity contribution in [1.29, 1.82) is 0 Å². The first-order chi connectivity index (χ1) is 13.2. The van der Waals surface area contributed by atoms with Crippen LogP contribution >= 0.6 is 11.6 Å². The van der Waals surface area contributed by atoms with Crippen molar-refractivity contribution < 1.29 is 18.0 Å². The van der Waals surface area contributed by atoms with Crippen molar-refractivity contribution >= 4 is 23.3 Å². The van der Waals surface area contributed by atoms with E-state index in [1.54, 1.807) is 13.0 Å². The summed E-state index contributed by atoms with van der Waals surface area (Å²) in [5, 5.41) is 12.0.